The number of nitrogens with two attached hydrogens (primary N) is 1. The molecule has 0 radical (unpaired) electrons. The Hall–Kier alpha value is -2.56. The minimum Gasteiger partial charge on any atom is -0.496 e. The summed E-state index contributed by atoms with van der Waals surface area (Å²) in [5, 5.41) is 0. The van der Waals surface area contributed by atoms with E-state index in [1.54, 1.807) is 19.2 Å². The maximum absolute atomic E-state index is 5.64. The van der Waals surface area contributed by atoms with E-state index in [1.165, 1.54) is 0 Å². The summed E-state index contributed by atoms with van der Waals surface area (Å²) in [5.41, 5.74) is 7.50. The maximum Gasteiger partial charge on any atom is 0.232 e. The summed E-state index contributed by atoms with van der Waals surface area (Å²) in [6, 6.07) is 11.0. The molecule has 3 rings (SSSR count). The first-order valence-corrected chi connectivity index (χ1v) is 5.44. The average molecular weight is 241 g/mol. The Balaban J connectivity index is 2.19. The number of anilines is 1. The molecule has 90 valence electrons. The Kier molecular flexibility index (Phi) is 2.37. The molecule has 0 unspecified atom stereocenters. The highest BCUT2D eigenvalue weighted by molar-refractivity contribution is 5.75. The highest BCUT2D eigenvalue weighted by Crippen LogP contribution is 2.30. The molecule has 0 aliphatic rings. The summed E-state index contributed by atoms with van der Waals surface area (Å²) in [5.74, 6) is 1.60. The Morgan fingerprint density at radius 1 is 1.11 bits per heavy atom. The smallest absolute Gasteiger partial charge is 0.232 e. The van der Waals surface area contributed by atoms with Gasteiger partial charge in [-0.05, 0) is 24.3 Å². The zero-order chi connectivity index (χ0) is 12.5. The summed E-state index contributed by atoms with van der Waals surface area (Å²) in [6.45, 7) is 0. The van der Waals surface area contributed by atoms with E-state index in [9.17, 15) is 0 Å². The zero-order valence-corrected chi connectivity index (χ0v) is 9.75. The predicted molar refractivity (Wildman–Crippen MR) is 68.2 cm³/mol. The van der Waals surface area contributed by atoms with Crippen LogP contribution in [0, 0.1) is 0 Å². The third-order valence-corrected chi connectivity index (χ3v) is 2.61. The van der Waals surface area contributed by atoms with Crippen molar-refractivity contribution in [1.29, 1.82) is 0 Å². The molecule has 0 saturated carbocycles. The van der Waals surface area contributed by atoms with E-state index < -0.39 is 0 Å². The largest absolute Gasteiger partial charge is 0.496 e. The minimum absolute atomic E-state index is 0.419. The molecule has 1 aromatic carbocycles. The van der Waals surface area contributed by atoms with E-state index in [4.69, 9.17) is 14.9 Å². The van der Waals surface area contributed by atoms with Crippen molar-refractivity contribution >= 4 is 17.0 Å². The predicted octanol–water partition coefficient (Wildman–Crippen LogP) is 2.48. The fourth-order valence-corrected chi connectivity index (χ4v) is 1.77. The van der Waals surface area contributed by atoms with Crippen molar-refractivity contribution < 1.29 is 9.15 Å². The van der Waals surface area contributed by atoms with E-state index in [0.717, 1.165) is 5.56 Å². The second kappa shape index (κ2) is 4.03. The third kappa shape index (κ3) is 1.66. The Bertz CT molecular complexity index is 706. The summed E-state index contributed by atoms with van der Waals surface area (Å²) < 4.78 is 10.9. The van der Waals surface area contributed by atoms with Crippen LogP contribution >= 0.6 is 0 Å². The lowest BCUT2D eigenvalue weighted by molar-refractivity contribution is 0.414. The van der Waals surface area contributed by atoms with Crippen molar-refractivity contribution in [3.63, 3.8) is 0 Å². The quantitative estimate of drug-likeness (QED) is 0.746. The molecule has 0 spiro atoms. The molecule has 2 heterocycles. The maximum atomic E-state index is 5.64. The molecule has 0 amide bonds. The van der Waals surface area contributed by atoms with Crippen LogP contribution in [0.15, 0.2) is 40.8 Å². The number of nitrogens with zero attached hydrogens (tertiary/aromatic N) is 2. The number of rotatable bonds is 2. The van der Waals surface area contributed by atoms with Crippen LogP contribution in [0.4, 0.5) is 5.82 Å². The first-order valence-electron chi connectivity index (χ1n) is 5.44. The summed E-state index contributed by atoms with van der Waals surface area (Å²) in [4.78, 5) is 8.42. The van der Waals surface area contributed by atoms with Crippen LogP contribution in [0.25, 0.3) is 22.7 Å². The number of methoxy groups -OCH3 is 1. The molecule has 5 heteroatoms. The number of hydrogen-bond acceptors (Lipinski definition) is 5. The van der Waals surface area contributed by atoms with Crippen molar-refractivity contribution in [2.24, 2.45) is 0 Å². The highest BCUT2D eigenvalue weighted by atomic mass is 16.5. The van der Waals surface area contributed by atoms with Gasteiger partial charge < -0.3 is 14.9 Å². The summed E-state index contributed by atoms with van der Waals surface area (Å²) >= 11 is 0. The van der Waals surface area contributed by atoms with Crippen molar-refractivity contribution in [2.45, 2.75) is 0 Å². The molecule has 0 fully saturated rings. The fourth-order valence-electron chi connectivity index (χ4n) is 1.77. The summed E-state index contributed by atoms with van der Waals surface area (Å²) in [7, 11) is 1.61. The monoisotopic (exact) mass is 241 g/mol. The number of para-hydroxylation sites is 1. The number of nitrogen functional groups attached to an aromatic ring is 1. The first kappa shape index (κ1) is 10.6. The van der Waals surface area contributed by atoms with E-state index in [0.29, 0.717) is 28.7 Å². The lowest BCUT2D eigenvalue weighted by Crippen LogP contribution is -1.89. The molecule has 0 saturated heterocycles. The van der Waals surface area contributed by atoms with Crippen molar-refractivity contribution in [3.8, 4) is 17.2 Å². The second-order valence-corrected chi connectivity index (χ2v) is 3.78. The van der Waals surface area contributed by atoms with Gasteiger partial charge in [0.05, 0.1) is 12.7 Å². The summed E-state index contributed by atoms with van der Waals surface area (Å²) in [6.07, 6.45) is 0. The van der Waals surface area contributed by atoms with E-state index in [2.05, 4.69) is 9.97 Å². The Labute approximate surface area is 103 Å². The van der Waals surface area contributed by atoms with Gasteiger partial charge in [-0.1, -0.05) is 12.1 Å². The molecule has 3 aromatic rings. The molecule has 0 bridgehead atoms. The van der Waals surface area contributed by atoms with Gasteiger partial charge in [-0.15, -0.1) is 0 Å². The van der Waals surface area contributed by atoms with Gasteiger partial charge in [-0.2, -0.15) is 4.98 Å². The van der Waals surface area contributed by atoms with Gasteiger partial charge in [0.1, 0.15) is 11.6 Å². The van der Waals surface area contributed by atoms with Gasteiger partial charge in [-0.3, -0.25) is 0 Å². The van der Waals surface area contributed by atoms with E-state index in [1.807, 2.05) is 24.3 Å². The van der Waals surface area contributed by atoms with Gasteiger partial charge in [0.15, 0.2) is 5.58 Å². The van der Waals surface area contributed by atoms with Crippen LogP contribution < -0.4 is 10.5 Å². The highest BCUT2D eigenvalue weighted by Gasteiger charge is 2.13. The number of benzene rings is 1. The van der Waals surface area contributed by atoms with Crippen LogP contribution in [-0.2, 0) is 0 Å². The van der Waals surface area contributed by atoms with Crippen LogP contribution in [-0.4, -0.2) is 17.1 Å². The Morgan fingerprint density at radius 3 is 2.78 bits per heavy atom. The zero-order valence-electron chi connectivity index (χ0n) is 9.75. The first-order chi connectivity index (χ1) is 8.78. The van der Waals surface area contributed by atoms with Gasteiger partial charge in [0.2, 0.25) is 11.5 Å². The molecule has 0 atom stereocenters. The number of ether oxygens (including phenoxy) is 1. The fraction of sp³-hybridized carbons (Fsp3) is 0.0769. The topological polar surface area (TPSA) is 74.2 Å². The molecule has 0 aliphatic carbocycles. The molecular weight excluding hydrogens is 230 g/mol. The molecular formula is C13H11N3O2. The van der Waals surface area contributed by atoms with Gasteiger partial charge >= 0.3 is 0 Å². The van der Waals surface area contributed by atoms with Crippen LogP contribution in [0.3, 0.4) is 0 Å². The van der Waals surface area contributed by atoms with Gasteiger partial charge in [0.25, 0.3) is 0 Å². The number of pyridine rings is 1. The molecule has 18 heavy (non-hydrogen) atoms. The van der Waals surface area contributed by atoms with Crippen molar-refractivity contribution in [2.75, 3.05) is 12.8 Å². The number of oxazole rings is 1. The Morgan fingerprint density at radius 2 is 1.94 bits per heavy atom. The SMILES string of the molecule is COc1ccccc1-c1nc2nc(N)ccc2o1. The normalized spacial score (nSPS) is 10.7. The molecule has 2 aromatic heterocycles. The second-order valence-electron chi connectivity index (χ2n) is 3.78. The number of fused-ring (bicyclic) bond motifs is 1. The minimum atomic E-state index is 0.419. The van der Waals surface area contributed by atoms with E-state index in [-0.39, 0.29) is 0 Å². The van der Waals surface area contributed by atoms with Gasteiger partial charge in [-0.25, -0.2) is 4.98 Å². The van der Waals surface area contributed by atoms with Crippen molar-refractivity contribution in [1.82, 2.24) is 9.97 Å². The van der Waals surface area contributed by atoms with Gasteiger partial charge in [0, 0.05) is 0 Å². The number of hydrogen-bond donors (Lipinski definition) is 1. The van der Waals surface area contributed by atoms with Crippen LogP contribution in [0.2, 0.25) is 0 Å². The van der Waals surface area contributed by atoms with Crippen molar-refractivity contribution in [3.05, 3.63) is 36.4 Å². The molecule has 5 nitrogen and oxygen atoms in total. The van der Waals surface area contributed by atoms with Crippen LogP contribution in [0.1, 0.15) is 0 Å². The van der Waals surface area contributed by atoms with Crippen LogP contribution in [0.5, 0.6) is 5.75 Å². The number of aromatic nitrogens is 2. The molecule has 2 N–H and O–H groups in total. The third-order valence-electron chi connectivity index (χ3n) is 2.61. The average Bonchev–Trinajstić information content (AvgIpc) is 2.81. The lowest BCUT2D eigenvalue weighted by Gasteiger charge is -2.03. The molecule has 0 aliphatic heterocycles. The van der Waals surface area contributed by atoms with E-state index >= 15 is 0 Å². The lowest BCUT2D eigenvalue weighted by atomic mass is 10.2. The standard InChI is InChI=1S/C13H11N3O2/c1-17-9-5-3-2-4-8(9)13-16-12-10(18-13)6-7-11(14)15-12/h2-7H,1H3,(H2,14,15).